The predicted octanol–water partition coefficient (Wildman–Crippen LogP) is 9.19. The lowest BCUT2D eigenvalue weighted by molar-refractivity contribution is 0.285. The average Bonchev–Trinajstić information content (AvgIpc) is 2.59. The summed E-state index contributed by atoms with van der Waals surface area (Å²) < 4.78 is 13.9. The number of unbranched alkanes of at least 4 members (excludes halogenated alkanes) is 12. The van der Waals surface area contributed by atoms with Crippen molar-refractivity contribution in [1.82, 2.24) is 0 Å². The van der Waals surface area contributed by atoms with Crippen LogP contribution in [0.5, 0.6) is 0 Å². The third-order valence-electron chi connectivity index (χ3n) is 5.39. The standard InChI is InChI=1S/C24H47F/c1-4-7-9-10-11-12-13-14-15-16-18-21-23(20-17-8-5-2)22-24(25)19-6-3/h6,19,23-24H,4-5,7-18,20-22H2,1-3H3. The Hall–Kier alpha value is -0.330. The smallest absolute Gasteiger partial charge is 0.118 e. The Balaban J connectivity index is 3.65. The van der Waals surface area contributed by atoms with Gasteiger partial charge in [-0.25, -0.2) is 4.39 Å². The largest absolute Gasteiger partial charge is 0.243 e. The first-order valence-electron chi connectivity index (χ1n) is 11.5. The van der Waals surface area contributed by atoms with Gasteiger partial charge in [-0.05, 0) is 19.3 Å². The third-order valence-corrected chi connectivity index (χ3v) is 5.39. The van der Waals surface area contributed by atoms with Crippen molar-refractivity contribution >= 4 is 0 Å². The molecular formula is C24H47F. The molecule has 0 rings (SSSR count). The minimum Gasteiger partial charge on any atom is -0.243 e. The van der Waals surface area contributed by atoms with Crippen LogP contribution < -0.4 is 0 Å². The van der Waals surface area contributed by atoms with Gasteiger partial charge in [0.2, 0.25) is 0 Å². The second-order valence-electron chi connectivity index (χ2n) is 7.96. The quantitative estimate of drug-likeness (QED) is 0.160. The maximum absolute atomic E-state index is 13.9. The Kier molecular flexibility index (Phi) is 19.7. The molecular weight excluding hydrogens is 307 g/mol. The number of hydrogen-bond donors (Lipinski definition) is 0. The van der Waals surface area contributed by atoms with Crippen LogP contribution in [0.2, 0.25) is 0 Å². The highest BCUT2D eigenvalue weighted by Crippen LogP contribution is 2.24. The zero-order chi connectivity index (χ0) is 18.6. The molecule has 2 unspecified atom stereocenters. The van der Waals surface area contributed by atoms with Gasteiger partial charge in [0, 0.05) is 0 Å². The molecule has 0 aromatic carbocycles. The SMILES string of the molecule is CC=CC(F)CC(CCCCC)CCCCCCCCCCCCC. The highest BCUT2D eigenvalue weighted by molar-refractivity contribution is 4.87. The Morgan fingerprint density at radius 2 is 1.04 bits per heavy atom. The summed E-state index contributed by atoms with van der Waals surface area (Å²) in [5.74, 6) is 0.594. The fourth-order valence-electron chi connectivity index (χ4n) is 3.77. The van der Waals surface area contributed by atoms with Gasteiger partial charge in [0.05, 0.1) is 0 Å². The molecule has 0 heterocycles. The van der Waals surface area contributed by atoms with Gasteiger partial charge in [-0.2, -0.15) is 0 Å². The van der Waals surface area contributed by atoms with E-state index in [1.165, 1.54) is 103 Å². The number of hydrogen-bond acceptors (Lipinski definition) is 0. The molecule has 0 saturated heterocycles. The second kappa shape index (κ2) is 20.0. The molecule has 150 valence electrons. The van der Waals surface area contributed by atoms with Crippen LogP contribution in [0.1, 0.15) is 130 Å². The van der Waals surface area contributed by atoms with Gasteiger partial charge in [0.1, 0.15) is 6.17 Å². The minimum atomic E-state index is -0.732. The van der Waals surface area contributed by atoms with Crippen molar-refractivity contribution in [2.75, 3.05) is 0 Å². The molecule has 0 bridgehead atoms. The van der Waals surface area contributed by atoms with E-state index in [0.717, 1.165) is 6.42 Å². The maximum Gasteiger partial charge on any atom is 0.118 e. The van der Waals surface area contributed by atoms with E-state index in [0.29, 0.717) is 5.92 Å². The molecule has 0 saturated carbocycles. The van der Waals surface area contributed by atoms with Crippen molar-refractivity contribution in [3.8, 4) is 0 Å². The summed E-state index contributed by atoms with van der Waals surface area (Å²) in [6.07, 6.45) is 25.2. The lowest BCUT2D eigenvalue weighted by Gasteiger charge is -2.18. The first kappa shape index (κ1) is 24.7. The first-order valence-corrected chi connectivity index (χ1v) is 11.5. The molecule has 0 fully saturated rings. The van der Waals surface area contributed by atoms with Crippen molar-refractivity contribution < 1.29 is 4.39 Å². The highest BCUT2D eigenvalue weighted by atomic mass is 19.1. The molecule has 0 N–H and O–H groups in total. The molecule has 0 nitrogen and oxygen atoms in total. The van der Waals surface area contributed by atoms with Gasteiger partial charge >= 0.3 is 0 Å². The minimum absolute atomic E-state index is 0.594. The van der Waals surface area contributed by atoms with E-state index in [1.807, 2.05) is 13.0 Å². The molecule has 0 aromatic rings. The Labute approximate surface area is 159 Å². The molecule has 0 radical (unpaired) electrons. The second-order valence-corrected chi connectivity index (χ2v) is 7.96. The first-order chi connectivity index (χ1) is 12.2. The zero-order valence-electron chi connectivity index (χ0n) is 17.7. The Bertz CT molecular complexity index is 271. The fraction of sp³-hybridized carbons (Fsp3) is 0.917. The van der Waals surface area contributed by atoms with Crippen LogP contribution in [-0.4, -0.2) is 6.17 Å². The molecule has 25 heavy (non-hydrogen) atoms. The van der Waals surface area contributed by atoms with E-state index in [4.69, 9.17) is 0 Å². The summed E-state index contributed by atoms with van der Waals surface area (Å²) >= 11 is 0. The molecule has 0 amide bonds. The highest BCUT2D eigenvalue weighted by Gasteiger charge is 2.13. The molecule has 0 aliphatic carbocycles. The Morgan fingerprint density at radius 1 is 0.640 bits per heavy atom. The third kappa shape index (κ3) is 18.3. The van der Waals surface area contributed by atoms with Crippen molar-refractivity contribution in [1.29, 1.82) is 0 Å². The van der Waals surface area contributed by atoms with E-state index in [2.05, 4.69) is 13.8 Å². The maximum atomic E-state index is 13.9. The monoisotopic (exact) mass is 354 g/mol. The number of allylic oxidation sites excluding steroid dienone is 2. The van der Waals surface area contributed by atoms with Crippen LogP contribution in [0.3, 0.4) is 0 Å². The normalized spacial score (nSPS) is 14.2. The van der Waals surface area contributed by atoms with Crippen LogP contribution in [0.15, 0.2) is 12.2 Å². The van der Waals surface area contributed by atoms with Gasteiger partial charge in [0.15, 0.2) is 0 Å². The summed E-state index contributed by atoms with van der Waals surface area (Å²) in [6, 6.07) is 0. The summed E-state index contributed by atoms with van der Waals surface area (Å²) in [5, 5.41) is 0. The van der Waals surface area contributed by atoms with Gasteiger partial charge < -0.3 is 0 Å². The Morgan fingerprint density at radius 3 is 1.52 bits per heavy atom. The summed E-state index contributed by atoms with van der Waals surface area (Å²) in [5.41, 5.74) is 0. The van der Waals surface area contributed by atoms with Crippen LogP contribution in [0.4, 0.5) is 4.39 Å². The zero-order valence-corrected chi connectivity index (χ0v) is 17.7. The van der Waals surface area contributed by atoms with E-state index in [9.17, 15) is 4.39 Å². The predicted molar refractivity (Wildman–Crippen MR) is 113 cm³/mol. The van der Waals surface area contributed by atoms with Crippen molar-refractivity contribution in [2.45, 2.75) is 136 Å². The van der Waals surface area contributed by atoms with Gasteiger partial charge in [-0.3, -0.25) is 0 Å². The molecule has 0 spiro atoms. The van der Waals surface area contributed by atoms with Crippen molar-refractivity contribution in [3.05, 3.63) is 12.2 Å². The lowest BCUT2D eigenvalue weighted by Crippen LogP contribution is -2.08. The number of halogens is 1. The molecule has 2 atom stereocenters. The van der Waals surface area contributed by atoms with Crippen LogP contribution in [-0.2, 0) is 0 Å². The topological polar surface area (TPSA) is 0 Å². The van der Waals surface area contributed by atoms with Gasteiger partial charge in [0.25, 0.3) is 0 Å². The average molecular weight is 355 g/mol. The summed E-state index contributed by atoms with van der Waals surface area (Å²) in [4.78, 5) is 0. The summed E-state index contributed by atoms with van der Waals surface area (Å²) in [7, 11) is 0. The van der Waals surface area contributed by atoms with Gasteiger partial charge in [-0.1, -0.05) is 129 Å². The van der Waals surface area contributed by atoms with E-state index in [1.54, 1.807) is 6.08 Å². The number of alkyl halides is 1. The van der Waals surface area contributed by atoms with Crippen LogP contribution in [0, 0.1) is 5.92 Å². The molecule has 0 aromatic heterocycles. The molecule has 0 aliphatic heterocycles. The van der Waals surface area contributed by atoms with Crippen molar-refractivity contribution in [2.24, 2.45) is 5.92 Å². The van der Waals surface area contributed by atoms with Crippen LogP contribution in [0.25, 0.3) is 0 Å². The van der Waals surface area contributed by atoms with Crippen LogP contribution >= 0.6 is 0 Å². The van der Waals surface area contributed by atoms with E-state index >= 15 is 0 Å². The fourth-order valence-corrected chi connectivity index (χ4v) is 3.77. The lowest BCUT2D eigenvalue weighted by atomic mass is 9.90. The molecule has 0 aliphatic rings. The van der Waals surface area contributed by atoms with E-state index in [-0.39, 0.29) is 0 Å². The molecule has 1 heteroatoms. The van der Waals surface area contributed by atoms with E-state index < -0.39 is 6.17 Å². The van der Waals surface area contributed by atoms with Crippen molar-refractivity contribution in [3.63, 3.8) is 0 Å². The number of rotatable bonds is 19. The summed E-state index contributed by atoms with van der Waals surface area (Å²) in [6.45, 7) is 6.45. The van der Waals surface area contributed by atoms with Gasteiger partial charge in [-0.15, -0.1) is 0 Å².